The Kier molecular flexibility index (Phi) is 5.16. The van der Waals surface area contributed by atoms with Crippen LogP contribution in [0.15, 0.2) is 4.99 Å². The van der Waals surface area contributed by atoms with Crippen LogP contribution >= 0.6 is 0 Å². The fraction of sp³-hybridized carbons (Fsp3) is 0.455. The molecule has 0 spiro atoms. The molecule has 1 rings (SSSR count). The third kappa shape index (κ3) is 2.75. The van der Waals surface area contributed by atoms with E-state index in [0.717, 1.165) is 0 Å². The average Bonchev–Trinajstić information content (AvgIpc) is 2.76. The molecular formula is C11H13N5O6. The lowest BCUT2D eigenvalue weighted by molar-refractivity contribution is -0.113. The van der Waals surface area contributed by atoms with Gasteiger partial charge in [-0.2, -0.15) is 5.26 Å². The van der Waals surface area contributed by atoms with Crippen molar-refractivity contribution in [1.29, 1.82) is 10.7 Å². The first kappa shape index (κ1) is 17.5. The van der Waals surface area contributed by atoms with Gasteiger partial charge in [-0.1, -0.05) is 0 Å². The Labute approximate surface area is 124 Å². The summed E-state index contributed by atoms with van der Waals surface area (Å²) in [5.74, 6) is 0.200. The minimum Gasteiger partial charge on any atom is -0.392 e. The summed E-state index contributed by atoms with van der Waals surface area (Å²) in [5.41, 5.74) is -3.14. The number of nitrogens with one attached hydrogen (secondary N) is 3. The molecule has 11 nitrogen and oxygen atoms in total. The van der Waals surface area contributed by atoms with Crippen molar-refractivity contribution in [2.24, 2.45) is 4.99 Å². The highest BCUT2D eigenvalue weighted by atomic mass is 16.6. The van der Waals surface area contributed by atoms with Crippen molar-refractivity contribution < 1.29 is 30.1 Å². The number of rotatable bonds is 3. The van der Waals surface area contributed by atoms with Gasteiger partial charge in [0.05, 0.1) is 12.8 Å². The summed E-state index contributed by atoms with van der Waals surface area (Å²) in [6.45, 7) is -0.991. The molecule has 0 unspecified atom stereocenters. The fourth-order valence-electron chi connectivity index (χ4n) is 1.75. The predicted molar refractivity (Wildman–Crippen MR) is 69.4 cm³/mol. The molecule has 11 heteroatoms. The van der Waals surface area contributed by atoms with E-state index in [-0.39, 0.29) is 0 Å². The van der Waals surface area contributed by atoms with Crippen LogP contribution in [-0.2, 0) is 9.53 Å². The highest BCUT2D eigenvalue weighted by Gasteiger charge is 2.63. The van der Waals surface area contributed by atoms with Gasteiger partial charge in [-0.15, -0.1) is 6.42 Å². The van der Waals surface area contributed by atoms with Crippen LogP contribution < -0.4 is 10.8 Å². The Morgan fingerprint density at radius 1 is 1.55 bits per heavy atom. The Bertz CT molecular complexity index is 581. The van der Waals surface area contributed by atoms with Crippen LogP contribution in [0.25, 0.3) is 0 Å². The molecule has 1 heterocycles. The highest BCUT2D eigenvalue weighted by Crippen LogP contribution is 2.38. The van der Waals surface area contributed by atoms with Gasteiger partial charge in [-0.3, -0.25) is 15.3 Å². The molecule has 0 bridgehead atoms. The van der Waals surface area contributed by atoms with E-state index in [1.165, 1.54) is 11.5 Å². The number of carbonyl (C=O) groups excluding carboxylic acids is 1. The van der Waals surface area contributed by atoms with Crippen molar-refractivity contribution in [3.05, 3.63) is 0 Å². The molecule has 0 aliphatic carbocycles. The molecule has 0 aromatic rings. The molecule has 22 heavy (non-hydrogen) atoms. The van der Waals surface area contributed by atoms with Crippen molar-refractivity contribution in [2.75, 3.05) is 6.61 Å². The SMILES string of the molecule is C#C[C@@]1(N=C(NO)NC(=O)C=N)O[C@](C#N)(CO)[C@@H](O)[C@H]1O. The smallest absolute Gasteiger partial charge is 0.268 e. The summed E-state index contributed by atoms with van der Waals surface area (Å²) in [6, 6.07) is 1.49. The monoisotopic (exact) mass is 311 g/mol. The molecule has 0 aromatic carbocycles. The van der Waals surface area contributed by atoms with Gasteiger partial charge in [0.1, 0.15) is 18.3 Å². The molecule has 1 amide bonds. The van der Waals surface area contributed by atoms with Crippen LogP contribution in [0.5, 0.6) is 0 Å². The predicted octanol–water partition coefficient (Wildman–Crippen LogP) is -3.58. The molecular weight excluding hydrogens is 298 g/mol. The fourth-order valence-corrected chi connectivity index (χ4v) is 1.75. The molecule has 1 fully saturated rings. The zero-order valence-electron chi connectivity index (χ0n) is 11.0. The van der Waals surface area contributed by atoms with Gasteiger partial charge >= 0.3 is 0 Å². The summed E-state index contributed by atoms with van der Waals surface area (Å²) in [5, 5.41) is 55.6. The number of terminal acetylenes is 1. The third-order valence-electron chi connectivity index (χ3n) is 2.90. The molecule has 1 saturated heterocycles. The quantitative estimate of drug-likeness (QED) is 0.120. The lowest BCUT2D eigenvalue weighted by Crippen LogP contribution is -2.47. The number of ether oxygens (including phenoxy) is 1. The number of amides is 1. The van der Waals surface area contributed by atoms with Gasteiger partial charge in [0.2, 0.25) is 11.6 Å². The number of nitrogens with zero attached hydrogens (tertiary/aromatic N) is 2. The second-order valence-electron chi connectivity index (χ2n) is 4.20. The lowest BCUT2D eigenvalue weighted by atomic mass is 9.95. The average molecular weight is 311 g/mol. The van der Waals surface area contributed by atoms with Gasteiger partial charge in [0, 0.05) is 0 Å². The summed E-state index contributed by atoms with van der Waals surface area (Å²) in [7, 11) is 0. The molecule has 1 aliphatic rings. The van der Waals surface area contributed by atoms with Gasteiger partial charge in [-0.25, -0.2) is 10.5 Å². The zero-order valence-corrected chi connectivity index (χ0v) is 11.0. The Morgan fingerprint density at radius 2 is 2.18 bits per heavy atom. The maximum absolute atomic E-state index is 11.1. The van der Waals surface area contributed by atoms with Crippen LogP contribution in [0.3, 0.4) is 0 Å². The minimum atomic E-state index is -2.36. The van der Waals surface area contributed by atoms with Crippen molar-refractivity contribution in [1.82, 2.24) is 10.8 Å². The number of guanidine groups is 1. The summed E-state index contributed by atoms with van der Waals surface area (Å²) in [6.07, 6.45) is 1.73. The van der Waals surface area contributed by atoms with Gasteiger partial charge in [-0.05, 0) is 5.92 Å². The second kappa shape index (κ2) is 6.48. The second-order valence-corrected chi connectivity index (χ2v) is 4.20. The molecule has 0 radical (unpaired) electrons. The van der Waals surface area contributed by atoms with Crippen molar-refractivity contribution in [3.8, 4) is 18.4 Å². The third-order valence-corrected chi connectivity index (χ3v) is 2.90. The van der Waals surface area contributed by atoms with E-state index in [2.05, 4.69) is 4.99 Å². The lowest BCUT2D eigenvalue weighted by Gasteiger charge is -2.24. The first-order valence-corrected chi connectivity index (χ1v) is 5.72. The molecule has 4 atom stereocenters. The summed E-state index contributed by atoms with van der Waals surface area (Å²) >= 11 is 0. The van der Waals surface area contributed by atoms with E-state index in [4.69, 9.17) is 27.0 Å². The summed E-state index contributed by atoms with van der Waals surface area (Å²) in [4.78, 5) is 14.6. The molecule has 1 aliphatic heterocycles. The van der Waals surface area contributed by atoms with E-state index in [9.17, 15) is 20.1 Å². The van der Waals surface area contributed by atoms with Gasteiger partial charge in [0.25, 0.3) is 11.6 Å². The van der Waals surface area contributed by atoms with Crippen molar-refractivity contribution in [3.63, 3.8) is 0 Å². The zero-order chi connectivity index (χ0) is 17.0. The number of hydrogen-bond donors (Lipinski definition) is 7. The van der Waals surface area contributed by atoms with Crippen molar-refractivity contribution >= 4 is 18.1 Å². The Hall–Kier alpha value is -2.54. The van der Waals surface area contributed by atoms with Crippen LogP contribution in [0.4, 0.5) is 0 Å². The van der Waals surface area contributed by atoms with Crippen molar-refractivity contribution in [2.45, 2.75) is 23.5 Å². The number of hydroxylamine groups is 1. The van der Waals surface area contributed by atoms with Gasteiger partial charge < -0.3 is 25.5 Å². The normalized spacial score (nSPS) is 34.4. The minimum absolute atomic E-state index is 0.365. The largest absolute Gasteiger partial charge is 0.392 e. The number of carbonyl (C=O) groups is 1. The number of aliphatic hydroxyl groups is 3. The first-order valence-electron chi connectivity index (χ1n) is 5.72. The van der Waals surface area contributed by atoms with E-state index in [1.54, 1.807) is 0 Å². The molecule has 0 aromatic heterocycles. The van der Waals surface area contributed by atoms with E-state index < -0.39 is 42.0 Å². The summed E-state index contributed by atoms with van der Waals surface area (Å²) < 4.78 is 5.06. The number of aliphatic hydroxyl groups excluding tert-OH is 3. The molecule has 7 N–H and O–H groups in total. The number of aliphatic imine (C=N–C) groups is 1. The first-order chi connectivity index (χ1) is 10.3. The van der Waals surface area contributed by atoms with Crippen LogP contribution in [0.1, 0.15) is 0 Å². The maximum atomic E-state index is 11.1. The standard InChI is InChI=1S/C11H13N5O6/c1-2-11(15-9(16-21)14-6(18)3-12)8(20)7(19)10(4-13,5-17)22-11/h1,3,7-8,12,17,19-21H,5H2,(H2,14,15,16,18)/t7-,8+,10+,11+/m0/s1. The topological polar surface area (TPSA) is 191 Å². The highest BCUT2D eigenvalue weighted by molar-refractivity contribution is 6.28. The van der Waals surface area contributed by atoms with E-state index >= 15 is 0 Å². The molecule has 0 saturated carbocycles. The van der Waals surface area contributed by atoms with E-state index in [0.29, 0.717) is 6.21 Å². The Morgan fingerprint density at radius 3 is 2.55 bits per heavy atom. The number of nitriles is 1. The molecule has 118 valence electrons. The Balaban J connectivity index is 3.28. The van der Waals surface area contributed by atoms with Gasteiger partial charge in [0.15, 0.2) is 0 Å². The van der Waals surface area contributed by atoms with Crippen LogP contribution in [-0.4, -0.2) is 68.7 Å². The van der Waals surface area contributed by atoms with Crippen LogP contribution in [0.2, 0.25) is 0 Å². The maximum Gasteiger partial charge on any atom is 0.268 e. The van der Waals surface area contributed by atoms with E-state index in [1.807, 2.05) is 11.2 Å². The van der Waals surface area contributed by atoms with Crippen LogP contribution in [0, 0.1) is 29.1 Å². The number of hydrogen-bond acceptors (Lipinski definition) is 9.